The first-order chi connectivity index (χ1) is 13.6. The molecule has 0 amide bonds. The van der Waals surface area contributed by atoms with Crippen LogP contribution in [0.3, 0.4) is 0 Å². The minimum atomic E-state index is -0.289. The van der Waals surface area contributed by atoms with Gasteiger partial charge in [0, 0.05) is 29.7 Å². The van der Waals surface area contributed by atoms with Crippen LogP contribution in [0.1, 0.15) is 44.0 Å². The summed E-state index contributed by atoms with van der Waals surface area (Å²) in [5.74, 6) is -0.786. The van der Waals surface area contributed by atoms with Crippen molar-refractivity contribution in [2.75, 3.05) is 26.3 Å². The molecule has 6 heteroatoms. The molecule has 3 heterocycles. The fraction of sp³-hybridized carbons (Fsp3) is 0.545. The van der Waals surface area contributed by atoms with Crippen LogP contribution in [0.15, 0.2) is 24.3 Å². The van der Waals surface area contributed by atoms with E-state index in [1.165, 1.54) is 16.6 Å². The van der Waals surface area contributed by atoms with Gasteiger partial charge in [-0.25, -0.2) is 0 Å². The number of nitrogens with zero attached hydrogens (tertiary/aromatic N) is 1. The minimum absolute atomic E-state index is 0.0692. The van der Waals surface area contributed by atoms with E-state index in [0.717, 1.165) is 18.5 Å². The number of aromatic amines is 1. The number of piperidine rings is 1. The number of hydrogen-bond acceptors (Lipinski definition) is 5. The third-order valence-electron chi connectivity index (χ3n) is 6.11. The minimum Gasteiger partial charge on any atom is -0.466 e. The summed E-state index contributed by atoms with van der Waals surface area (Å²) in [5.41, 5.74) is 3.73. The van der Waals surface area contributed by atoms with Crippen LogP contribution in [0.25, 0.3) is 10.9 Å². The van der Waals surface area contributed by atoms with E-state index in [1.807, 2.05) is 13.0 Å². The molecule has 0 radical (unpaired) electrons. The fourth-order valence-corrected chi connectivity index (χ4v) is 4.89. The van der Waals surface area contributed by atoms with Gasteiger partial charge in [-0.1, -0.05) is 18.2 Å². The molecule has 0 unspecified atom stereocenters. The van der Waals surface area contributed by atoms with Crippen LogP contribution in [0.2, 0.25) is 0 Å². The van der Waals surface area contributed by atoms with E-state index in [0.29, 0.717) is 26.2 Å². The Kier molecular flexibility index (Phi) is 5.40. The molecule has 1 aromatic carbocycles. The smallest absolute Gasteiger partial charge is 0.309 e. The molecule has 0 bridgehead atoms. The highest BCUT2D eigenvalue weighted by atomic mass is 16.5. The average Bonchev–Trinajstić information content (AvgIpc) is 3.07. The van der Waals surface area contributed by atoms with E-state index >= 15 is 0 Å². The summed E-state index contributed by atoms with van der Waals surface area (Å²) in [5, 5.41) is 1.28. The summed E-state index contributed by atoms with van der Waals surface area (Å²) in [4.78, 5) is 30.8. The fourth-order valence-electron chi connectivity index (χ4n) is 4.89. The Balaban J connectivity index is 1.63. The van der Waals surface area contributed by atoms with Gasteiger partial charge in [0.25, 0.3) is 0 Å². The molecule has 1 saturated heterocycles. The summed E-state index contributed by atoms with van der Waals surface area (Å²) < 4.78 is 10.5. The van der Waals surface area contributed by atoms with E-state index in [-0.39, 0.29) is 36.2 Å². The quantitative estimate of drug-likeness (QED) is 0.802. The summed E-state index contributed by atoms with van der Waals surface area (Å²) >= 11 is 0. The van der Waals surface area contributed by atoms with Gasteiger partial charge in [0.05, 0.1) is 31.6 Å². The van der Waals surface area contributed by atoms with E-state index in [1.54, 1.807) is 6.92 Å². The molecule has 0 aliphatic carbocycles. The Morgan fingerprint density at radius 3 is 2.75 bits per heavy atom. The van der Waals surface area contributed by atoms with Crippen molar-refractivity contribution in [3.8, 4) is 0 Å². The number of carbonyl (C=O) groups is 2. The zero-order valence-corrected chi connectivity index (χ0v) is 16.6. The summed E-state index contributed by atoms with van der Waals surface area (Å²) in [6.07, 6.45) is 1.91. The van der Waals surface area contributed by atoms with Gasteiger partial charge in [-0.15, -0.1) is 0 Å². The lowest BCUT2D eigenvalue weighted by atomic mass is 9.77. The number of benzene rings is 1. The van der Waals surface area contributed by atoms with Crippen molar-refractivity contribution in [1.82, 2.24) is 9.88 Å². The molecule has 150 valence electrons. The number of aromatic nitrogens is 1. The Morgan fingerprint density at radius 1 is 1.18 bits per heavy atom. The number of para-hydroxylation sites is 1. The van der Waals surface area contributed by atoms with Crippen LogP contribution < -0.4 is 0 Å². The second-order valence-corrected chi connectivity index (χ2v) is 7.69. The highest BCUT2D eigenvalue weighted by Gasteiger charge is 2.44. The van der Waals surface area contributed by atoms with Crippen LogP contribution in [0.4, 0.5) is 0 Å². The van der Waals surface area contributed by atoms with Crippen LogP contribution in [0, 0.1) is 11.8 Å². The normalized spacial score (nSPS) is 24.4. The molecule has 1 fully saturated rings. The van der Waals surface area contributed by atoms with Crippen LogP contribution in [0.5, 0.6) is 0 Å². The third-order valence-corrected chi connectivity index (χ3v) is 6.11. The van der Waals surface area contributed by atoms with Gasteiger partial charge in [0.15, 0.2) is 0 Å². The maximum absolute atomic E-state index is 12.7. The third kappa shape index (κ3) is 3.41. The topological polar surface area (TPSA) is 71.6 Å². The van der Waals surface area contributed by atoms with Crippen molar-refractivity contribution in [3.63, 3.8) is 0 Å². The van der Waals surface area contributed by atoms with Gasteiger partial charge < -0.3 is 14.5 Å². The van der Waals surface area contributed by atoms with Crippen LogP contribution in [-0.4, -0.2) is 48.1 Å². The van der Waals surface area contributed by atoms with E-state index in [2.05, 4.69) is 28.1 Å². The van der Waals surface area contributed by atoms with Crippen molar-refractivity contribution < 1.29 is 19.1 Å². The number of carbonyl (C=O) groups excluding carboxylic acids is 2. The second kappa shape index (κ2) is 7.95. The van der Waals surface area contributed by atoms with Crippen molar-refractivity contribution in [1.29, 1.82) is 0 Å². The number of ether oxygens (including phenoxy) is 2. The predicted octanol–water partition coefficient (Wildman–Crippen LogP) is 3.22. The van der Waals surface area contributed by atoms with Crippen molar-refractivity contribution in [3.05, 3.63) is 35.5 Å². The van der Waals surface area contributed by atoms with Gasteiger partial charge in [-0.05, 0) is 44.2 Å². The molecular formula is C22H28N2O4. The van der Waals surface area contributed by atoms with Crippen LogP contribution >= 0.6 is 0 Å². The van der Waals surface area contributed by atoms with Crippen molar-refractivity contribution in [2.24, 2.45) is 11.8 Å². The summed E-state index contributed by atoms with van der Waals surface area (Å²) in [7, 11) is 0. The lowest BCUT2D eigenvalue weighted by molar-refractivity contribution is -0.156. The van der Waals surface area contributed by atoms with Gasteiger partial charge in [-0.2, -0.15) is 0 Å². The molecule has 2 aliphatic heterocycles. The molecule has 4 rings (SSSR count). The maximum atomic E-state index is 12.7. The maximum Gasteiger partial charge on any atom is 0.309 e. The monoisotopic (exact) mass is 384 g/mol. The Hall–Kier alpha value is -2.34. The molecule has 2 aromatic rings. The van der Waals surface area contributed by atoms with Gasteiger partial charge in [0.1, 0.15) is 0 Å². The number of esters is 2. The van der Waals surface area contributed by atoms with Gasteiger partial charge in [-0.3, -0.25) is 14.5 Å². The zero-order chi connectivity index (χ0) is 19.7. The standard InChI is InChI=1S/C22H28N2O4/c1-3-27-20(25)11-14-13-24-10-9-16-15-7-5-6-8-18(15)23-21(16)19(24)12-17(14)22(26)28-4-2/h5-8,14,17,19,23H,3-4,9-13H2,1-2H3/t14-,17+,19+/m1/s1. The molecule has 2 aliphatic rings. The van der Waals surface area contributed by atoms with Crippen molar-refractivity contribution >= 4 is 22.8 Å². The zero-order valence-electron chi connectivity index (χ0n) is 16.6. The number of rotatable bonds is 5. The Bertz CT molecular complexity index is 875. The number of nitrogens with one attached hydrogen (secondary N) is 1. The molecule has 1 N–H and O–H groups in total. The van der Waals surface area contributed by atoms with E-state index < -0.39 is 0 Å². The molecule has 6 nitrogen and oxygen atoms in total. The SMILES string of the molecule is CCOC(=O)C[C@@H]1CN2CCc3c([nH]c4ccccc34)[C@@H]2C[C@@H]1C(=O)OCC. The van der Waals surface area contributed by atoms with Gasteiger partial charge >= 0.3 is 11.9 Å². The molecule has 28 heavy (non-hydrogen) atoms. The van der Waals surface area contributed by atoms with Crippen molar-refractivity contribution in [2.45, 2.75) is 39.2 Å². The number of H-pyrrole nitrogens is 1. The largest absolute Gasteiger partial charge is 0.466 e. The highest BCUT2D eigenvalue weighted by Crippen LogP contribution is 2.44. The number of fused-ring (bicyclic) bond motifs is 5. The Labute approximate surface area is 165 Å². The first-order valence-electron chi connectivity index (χ1n) is 10.3. The second-order valence-electron chi connectivity index (χ2n) is 7.69. The Morgan fingerprint density at radius 2 is 1.96 bits per heavy atom. The van der Waals surface area contributed by atoms with Crippen LogP contribution in [-0.2, 0) is 25.5 Å². The van der Waals surface area contributed by atoms with Gasteiger partial charge in [0.2, 0.25) is 0 Å². The highest BCUT2D eigenvalue weighted by molar-refractivity contribution is 5.85. The predicted molar refractivity (Wildman–Crippen MR) is 106 cm³/mol. The first kappa shape index (κ1) is 19.0. The molecular weight excluding hydrogens is 356 g/mol. The molecule has 1 aromatic heterocycles. The first-order valence-corrected chi connectivity index (χ1v) is 10.3. The van der Waals surface area contributed by atoms with E-state index in [4.69, 9.17) is 9.47 Å². The number of hydrogen-bond donors (Lipinski definition) is 1. The lowest BCUT2D eigenvalue weighted by Crippen LogP contribution is -2.48. The summed E-state index contributed by atoms with van der Waals surface area (Å²) in [6.45, 7) is 5.99. The molecule has 0 saturated carbocycles. The van der Waals surface area contributed by atoms with E-state index in [9.17, 15) is 9.59 Å². The average molecular weight is 384 g/mol. The summed E-state index contributed by atoms with van der Waals surface area (Å²) in [6, 6.07) is 8.53. The molecule has 0 spiro atoms. The lowest BCUT2D eigenvalue weighted by Gasteiger charge is -2.45. The molecule has 3 atom stereocenters.